The normalized spacial score (nSPS) is 12.5. The van der Waals surface area contributed by atoms with E-state index >= 15 is 0 Å². The van der Waals surface area contributed by atoms with Gasteiger partial charge in [-0.2, -0.15) is 0 Å². The summed E-state index contributed by atoms with van der Waals surface area (Å²) in [6, 6.07) is 11.2. The summed E-state index contributed by atoms with van der Waals surface area (Å²) in [5.74, 6) is -0.714. The Kier molecular flexibility index (Phi) is 5.37. The molecule has 1 atom stereocenters. The van der Waals surface area contributed by atoms with Gasteiger partial charge in [0.1, 0.15) is 5.75 Å². The van der Waals surface area contributed by atoms with Gasteiger partial charge < -0.3 is 9.84 Å². The van der Waals surface area contributed by atoms with Crippen LogP contribution < -0.4 is 9.04 Å². The zero-order valence-electron chi connectivity index (χ0n) is 14.6. The van der Waals surface area contributed by atoms with E-state index in [2.05, 4.69) is 0 Å². The number of hydrogen-bond donors (Lipinski definition) is 1. The summed E-state index contributed by atoms with van der Waals surface area (Å²) in [6.45, 7) is 5.21. The molecule has 0 spiro atoms. The maximum absolute atomic E-state index is 12.8. The first-order chi connectivity index (χ1) is 11.6. The van der Waals surface area contributed by atoms with E-state index in [1.165, 1.54) is 18.3 Å². The van der Waals surface area contributed by atoms with E-state index in [0.717, 1.165) is 11.1 Å². The lowest BCUT2D eigenvalue weighted by Gasteiger charge is -2.20. The molecule has 0 saturated carbocycles. The van der Waals surface area contributed by atoms with Gasteiger partial charge in [0.25, 0.3) is 10.0 Å². The molecule has 0 amide bonds. The Balaban J connectivity index is 2.25. The molecule has 0 unspecified atom stereocenters. The third-order valence-electron chi connectivity index (χ3n) is 4.00. The zero-order chi connectivity index (χ0) is 18.8. The summed E-state index contributed by atoms with van der Waals surface area (Å²) >= 11 is 0. The first-order valence-corrected chi connectivity index (χ1v) is 9.12. The van der Waals surface area contributed by atoms with Crippen molar-refractivity contribution < 1.29 is 23.1 Å². The first kappa shape index (κ1) is 18.8. The van der Waals surface area contributed by atoms with E-state index in [-0.39, 0.29) is 4.90 Å². The second kappa shape index (κ2) is 7.14. The summed E-state index contributed by atoms with van der Waals surface area (Å²) in [7, 11) is -2.21. The van der Waals surface area contributed by atoms with Gasteiger partial charge in [0.15, 0.2) is 6.10 Å². The van der Waals surface area contributed by atoms with Gasteiger partial charge in [-0.25, -0.2) is 13.2 Å². The maximum Gasteiger partial charge on any atom is 0.344 e. The molecule has 0 aliphatic heterocycles. The molecule has 2 aromatic rings. The SMILES string of the molecule is Cc1ccc(S(=O)(=O)N(C)c2ccc(O[C@@H](C)C(=O)O)cc2)cc1C. The Morgan fingerprint density at radius 3 is 2.20 bits per heavy atom. The quantitative estimate of drug-likeness (QED) is 0.853. The number of carboxylic acids is 1. The Labute approximate surface area is 147 Å². The summed E-state index contributed by atoms with van der Waals surface area (Å²) < 4.78 is 32.0. The number of rotatable bonds is 6. The van der Waals surface area contributed by atoms with Crippen molar-refractivity contribution in [3.8, 4) is 5.75 Å². The molecular formula is C18H21NO5S. The number of sulfonamides is 1. The molecule has 0 aromatic heterocycles. The molecule has 0 heterocycles. The summed E-state index contributed by atoms with van der Waals surface area (Å²) in [6.07, 6.45) is -0.983. The van der Waals surface area contributed by atoms with Gasteiger partial charge in [0.05, 0.1) is 10.6 Å². The monoisotopic (exact) mass is 363 g/mol. The molecule has 0 aliphatic carbocycles. The van der Waals surface area contributed by atoms with Crippen molar-refractivity contribution in [2.24, 2.45) is 0 Å². The molecular weight excluding hydrogens is 342 g/mol. The van der Waals surface area contributed by atoms with Gasteiger partial charge in [-0.3, -0.25) is 4.31 Å². The van der Waals surface area contributed by atoms with Crippen LogP contribution in [0.1, 0.15) is 18.1 Å². The lowest BCUT2D eigenvalue weighted by Crippen LogP contribution is -2.26. The van der Waals surface area contributed by atoms with Crippen LogP contribution >= 0.6 is 0 Å². The Morgan fingerprint density at radius 2 is 1.68 bits per heavy atom. The zero-order valence-corrected chi connectivity index (χ0v) is 15.4. The average molecular weight is 363 g/mol. The predicted molar refractivity (Wildman–Crippen MR) is 95.7 cm³/mol. The molecule has 1 N–H and O–H groups in total. The molecule has 0 radical (unpaired) electrons. The van der Waals surface area contributed by atoms with Crippen molar-refractivity contribution in [2.75, 3.05) is 11.4 Å². The summed E-state index contributed by atoms with van der Waals surface area (Å²) in [4.78, 5) is 11.0. The third-order valence-corrected chi connectivity index (χ3v) is 5.78. The number of aliphatic carboxylic acids is 1. The van der Waals surface area contributed by atoms with Crippen LogP contribution in [0.4, 0.5) is 5.69 Å². The van der Waals surface area contributed by atoms with Crippen LogP contribution in [0.5, 0.6) is 5.75 Å². The highest BCUT2D eigenvalue weighted by molar-refractivity contribution is 7.92. The van der Waals surface area contributed by atoms with Crippen LogP contribution in [0.25, 0.3) is 0 Å². The lowest BCUT2D eigenvalue weighted by atomic mass is 10.1. The highest BCUT2D eigenvalue weighted by atomic mass is 32.2. The number of aryl methyl sites for hydroxylation is 2. The van der Waals surface area contributed by atoms with Crippen LogP contribution in [0.3, 0.4) is 0 Å². The Hall–Kier alpha value is -2.54. The van der Waals surface area contributed by atoms with Crippen molar-refractivity contribution in [3.63, 3.8) is 0 Å². The number of hydrogen-bond acceptors (Lipinski definition) is 4. The molecule has 0 saturated heterocycles. The van der Waals surface area contributed by atoms with E-state index < -0.39 is 22.1 Å². The van der Waals surface area contributed by atoms with E-state index in [9.17, 15) is 13.2 Å². The molecule has 25 heavy (non-hydrogen) atoms. The molecule has 7 heteroatoms. The van der Waals surface area contributed by atoms with Crippen molar-refractivity contribution in [3.05, 3.63) is 53.6 Å². The van der Waals surface area contributed by atoms with Gasteiger partial charge in [0, 0.05) is 7.05 Å². The summed E-state index contributed by atoms with van der Waals surface area (Å²) in [5, 5.41) is 8.85. The smallest absolute Gasteiger partial charge is 0.344 e. The van der Waals surface area contributed by atoms with Crippen LogP contribution in [0, 0.1) is 13.8 Å². The maximum atomic E-state index is 12.8. The molecule has 0 aliphatic rings. The number of ether oxygens (including phenoxy) is 1. The number of benzene rings is 2. The second-order valence-electron chi connectivity index (χ2n) is 5.81. The minimum atomic E-state index is -3.68. The molecule has 0 bridgehead atoms. The standard InChI is InChI=1S/C18H21NO5S/c1-12-5-10-17(11-13(12)2)25(22,23)19(4)15-6-8-16(9-7-15)24-14(3)18(20)21/h5-11,14H,1-4H3,(H,20,21)/t14-/m0/s1. The average Bonchev–Trinajstić information content (AvgIpc) is 2.57. The number of anilines is 1. The van der Waals surface area contributed by atoms with Crippen molar-refractivity contribution in [1.29, 1.82) is 0 Å². The van der Waals surface area contributed by atoms with E-state index in [1.54, 1.807) is 42.5 Å². The van der Waals surface area contributed by atoms with Gasteiger partial charge in [-0.1, -0.05) is 6.07 Å². The molecule has 0 fully saturated rings. The minimum absolute atomic E-state index is 0.220. The van der Waals surface area contributed by atoms with Gasteiger partial charge in [-0.05, 0) is 68.3 Å². The number of nitrogens with zero attached hydrogens (tertiary/aromatic N) is 1. The van der Waals surface area contributed by atoms with Crippen LogP contribution in [0.2, 0.25) is 0 Å². The molecule has 134 valence electrons. The molecule has 2 rings (SSSR count). The fourth-order valence-electron chi connectivity index (χ4n) is 2.16. The first-order valence-electron chi connectivity index (χ1n) is 7.68. The summed E-state index contributed by atoms with van der Waals surface area (Å²) in [5.41, 5.74) is 2.38. The number of carboxylic acid groups (broad SMARTS) is 1. The van der Waals surface area contributed by atoms with Gasteiger partial charge >= 0.3 is 5.97 Å². The fraction of sp³-hybridized carbons (Fsp3) is 0.278. The lowest BCUT2D eigenvalue weighted by molar-refractivity contribution is -0.144. The minimum Gasteiger partial charge on any atom is -0.479 e. The fourth-order valence-corrected chi connectivity index (χ4v) is 3.44. The largest absolute Gasteiger partial charge is 0.479 e. The van der Waals surface area contributed by atoms with Crippen LogP contribution in [-0.2, 0) is 14.8 Å². The van der Waals surface area contributed by atoms with E-state index in [0.29, 0.717) is 11.4 Å². The highest BCUT2D eigenvalue weighted by Gasteiger charge is 2.22. The number of carbonyl (C=O) groups is 1. The highest BCUT2D eigenvalue weighted by Crippen LogP contribution is 2.25. The van der Waals surface area contributed by atoms with Crippen LogP contribution in [-0.4, -0.2) is 32.6 Å². The topological polar surface area (TPSA) is 83.9 Å². The predicted octanol–water partition coefficient (Wildman–Crippen LogP) is 2.98. The molecule has 6 nitrogen and oxygen atoms in total. The molecule has 2 aromatic carbocycles. The Morgan fingerprint density at radius 1 is 1.08 bits per heavy atom. The second-order valence-corrected chi connectivity index (χ2v) is 7.78. The van der Waals surface area contributed by atoms with Crippen molar-refractivity contribution in [2.45, 2.75) is 31.8 Å². The Bertz CT molecular complexity index is 875. The van der Waals surface area contributed by atoms with Crippen molar-refractivity contribution >= 4 is 21.7 Å². The van der Waals surface area contributed by atoms with Crippen LogP contribution in [0.15, 0.2) is 47.4 Å². The third kappa shape index (κ3) is 4.11. The van der Waals surface area contributed by atoms with Gasteiger partial charge in [0.2, 0.25) is 0 Å². The van der Waals surface area contributed by atoms with E-state index in [1.807, 2.05) is 13.8 Å². The van der Waals surface area contributed by atoms with E-state index in [4.69, 9.17) is 9.84 Å². The van der Waals surface area contributed by atoms with Gasteiger partial charge in [-0.15, -0.1) is 0 Å². The van der Waals surface area contributed by atoms with Crippen molar-refractivity contribution in [1.82, 2.24) is 0 Å².